The van der Waals surface area contributed by atoms with Crippen LogP contribution in [0.1, 0.15) is 27.5 Å². The monoisotopic (exact) mass is 319 g/mol. The Kier molecular flexibility index (Phi) is 4.49. The summed E-state index contributed by atoms with van der Waals surface area (Å²) in [5, 5.41) is 2.51. The molecule has 1 amide bonds. The molecular formula is C16H18FN3OS. The Morgan fingerprint density at radius 3 is 3.00 bits per heavy atom. The van der Waals surface area contributed by atoms with Gasteiger partial charge < -0.3 is 10.6 Å². The zero-order valence-electron chi connectivity index (χ0n) is 12.2. The number of amides is 1. The smallest absolute Gasteiger partial charge is 0.273 e. The average molecular weight is 319 g/mol. The normalized spacial score (nSPS) is 17.9. The van der Waals surface area contributed by atoms with Gasteiger partial charge in [0.2, 0.25) is 0 Å². The highest BCUT2D eigenvalue weighted by molar-refractivity contribution is 7.09. The first kappa shape index (κ1) is 15.1. The van der Waals surface area contributed by atoms with Gasteiger partial charge in [-0.25, -0.2) is 9.37 Å². The number of halogens is 1. The maximum absolute atomic E-state index is 13.7. The molecule has 1 aromatic heterocycles. The molecule has 3 rings (SSSR count). The molecule has 0 saturated carbocycles. The Morgan fingerprint density at radius 2 is 2.27 bits per heavy atom. The van der Waals surface area contributed by atoms with Crippen molar-refractivity contribution in [1.82, 2.24) is 9.88 Å². The highest BCUT2D eigenvalue weighted by atomic mass is 32.1. The van der Waals surface area contributed by atoms with Crippen LogP contribution in [0.4, 0.5) is 4.39 Å². The number of benzene rings is 1. The fourth-order valence-electron chi connectivity index (χ4n) is 2.67. The fourth-order valence-corrected chi connectivity index (χ4v) is 3.46. The number of nitrogens with two attached hydrogens (primary N) is 1. The molecule has 2 aromatic rings. The predicted octanol–water partition coefficient (Wildman–Crippen LogP) is 2.29. The first-order valence-corrected chi connectivity index (χ1v) is 8.22. The third-order valence-electron chi connectivity index (χ3n) is 3.98. The van der Waals surface area contributed by atoms with Crippen LogP contribution in [-0.4, -0.2) is 35.4 Å². The molecule has 6 heteroatoms. The van der Waals surface area contributed by atoms with Gasteiger partial charge in [-0.1, -0.05) is 18.2 Å². The lowest BCUT2D eigenvalue weighted by Crippen LogP contribution is -2.30. The minimum Gasteiger partial charge on any atom is -0.337 e. The highest BCUT2D eigenvalue weighted by Gasteiger charge is 2.27. The summed E-state index contributed by atoms with van der Waals surface area (Å²) in [5.41, 5.74) is 6.70. The van der Waals surface area contributed by atoms with Crippen LogP contribution in [0, 0.1) is 11.7 Å². The van der Waals surface area contributed by atoms with Gasteiger partial charge in [0.25, 0.3) is 5.91 Å². The van der Waals surface area contributed by atoms with Gasteiger partial charge in [0.05, 0.1) is 5.01 Å². The van der Waals surface area contributed by atoms with E-state index in [2.05, 4.69) is 4.98 Å². The van der Waals surface area contributed by atoms with Crippen molar-refractivity contribution >= 4 is 17.2 Å². The fraction of sp³-hybridized carbons (Fsp3) is 0.375. The summed E-state index contributed by atoms with van der Waals surface area (Å²) in [5.74, 6) is 0.100. The van der Waals surface area contributed by atoms with Gasteiger partial charge in [-0.15, -0.1) is 11.3 Å². The van der Waals surface area contributed by atoms with Gasteiger partial charge in [0.15, 0.2) is 0 Å². The molecule has 0 aliphatic carbocycles. The number of rotatable bonds is 4. The van der Waals surface area contributed by atoms with E-state index in [1.165, 1.54) is 17.4 Å². The number of hydrogen-bond donors (Lipinski definition) is 1. The van der Waals surface area contributed by atoms with Gasteiger partial charge in [0.1, 0.15) is 11.5 Å². The van der Waals surface area contributed by atoms with Crippen molar-refractivity contribution in [2.45, 2.75) is 12.8 Å². The molecule has 1 aromatic carbocycles. The van der Waals surface area contributed by atoms with E-state index >= 15 is 0 Å². The second-order valence-corrected chi connectivity index (χ2v) is 6.48. The quantitative estimate of drug-likeness (QED) is 0.940. The van der Waals surface area contributed by atoms with E-state index < -0.39 is 0 Å². The van der Waals surface area contributed by atoms with Gasteiger partial charge in [-0.3, -0.25) is 4.79 Å². The Bertz CT molecular complexity index is 673. The van der Waals surface area contributed by atoms with Crippen LogP contribution in [0.3, 0.4) is 0 Å². The Labute approximate surface area is 132 Å². The van der Waals surface area contributed by atoms with Gasteiger partial charge in [0, 0.05) is 24.9 Å². The molecule has 0 unspecified atom stereocenters. The molecule has 1 fully saturated rings. The second kappa shape index (κ2) is 6.54. The second-order valence-electron chi connectivity index (χ2n) is 5.54. The Morgan fingerprint density at radius 1 is 1.45 bits per heavy atom. The summed E-state index contributed by atoms with van der Waals surface area (Å²) in [4.78, 5) is 18.6. The van der Waals surface area contributed by atoms with Crippen LogP contribution in [0.25, 0.3) is 0 Å². The molecule has 2 heterocycles. The molecule has 1 aliphatic rings. The van der Waals surface area contributed by atoms with Crippen LogP contribution < -0.4 is 5.73 Å². The molecule has 0 spiro atoms. The number of nitrogens with zero attached hydrogens (tertiary/aromatic N) is 2. The largest absolute Gasteiger partial charge is 0.337 e. The first-order chi connectivity index (χ1) is 10.7. The average Bonchev–Trinajstić information content (AvgIpc) is 3.18. The molecule has 116 valence electrons. The number of hydrogen-bond acceptors (Lipinski definition) is 4. The van der Waals surface area contributed by atoms with Gasteiger partial charge in [-0.05, 0) is 30.5 Å². The van der Waals surface area contributed by atoms with Crippen molar-refractivity contribution in [3.63, 3.8) is 0 Å². The van der Waals surface area contributed by atoms with Crippen LogP contribution in [0.15, 0.2) is 29.6 Å². The summed E-state index contributed by atoms with van der Waals surface area (Å²) in [6.07, 6.45) is 1.37. The minimum absolute atomic E-state index is 0.0491. The van der Waals surface area contributed by atoms with E-state index in [1.54, 1.807) is 28.5 Å². The summed E-state index contributed by atoms with van der Waals surface area (Å²) in [6, 6.07) is 6.64. The maximum atomic E-state index is 13.7. The lowest BCUT2D eigenvalue weighted by molar-refractivity contribution is 0.0782. The summed E-state index contributed by atoms with van der Waals surface area (Å²) >= 11 is 1.40. The summed E-state index contributed by atoms with van der Waals surface area (Å²) < 4.78 is 13.7. The van der Waals surface area contributed by atoms with Crippen LogP contribution in [0.2, 0.25) is 0 Å². The van der Waals surface area contributed by atoms with Crippen molar-refractivity contribution in [3.8, 4) is 0 Å². The number of thiazole rings is 1. The van der Waals surface area contributed by atoms with Gasteiger partial charge >= 0.3 is 0 Å². The van der Waals surface area contributed by atoms with Crippen LogP contribution in [-0.2, 0) is 6.42 Å². The van der Waals surface area contributed by atoms with E-state index in [-0.39, 0.29) is 11.7 Å². The van der Waals surface area contributed by atoms with Gasteiger partial charge in [-0.2, -0.15) is 0 Å². The number of carbonyl (C=O) groups excluding carboxylic acids is 1. The third kappa shape index (κ3) is 3.18. The molecule has 1 saturated heterocycles. The standard InChI is InChI=1S/C16H18FN3OS/c17-13-4-2-1-3-12(13)7-15-19-14(10-22-15)16(21)20-6-5-11(8-18)9-20/h1-4,10-11H,5-9,18H2/t11-/m0/s1. The van der Waals surface area contributed by atoms with E-state index in [9.17, 15) is 9.18 Å². The maximum Gasteiger partial charge on any atom is 0.273 e. The Hall–Kier alpha value is -1.79. The number of likely N-dealkylation sites (tertiary alicyclic amines) is 1. The SMILES string of the molecule is NC[C@@H]1CCN(C(=O)c2csc(Cc3ccccc3F)n2)C1. The molecule has 4 nitrogen and oxygen atoms in total. The zero-order chi connectivity index (χ0) is 15.5. The molecule has 22 heavy (non-hydrogen) atoms. The summed E-state index contributed by atoms with van der Waals surface area (Å²) in [7, 11) is 0. The molecule has 1 aliphatic heterocycles. The number of aromatic nitrogens is 1. The lowest BCUT2D eigenvalue weighted by atomic mass is 10.1. The highest BCUT2D eigenvalue weighted by Crippen LogP contribution is 2.21. The van der Waals surface area contributed by atoms with Crippen LogP contribution in [0.5, 0.6) is 0 Å². The van der Waals surface area contributed by atoms with Crippen molar-refractivity contribution in [2.24, 2.45) is 11.7 Å². The van der Waals surface area contributed by atoms with E-state index in [0.717, 1.165) is 18.0 Å². The Balaban J connectivity index is 1.69. The van der Waals surface area contributed by atoms with E-state index in [4.69, 9.17) is 5.73 Å². The third-order valence-corrected chi connectivity index (χ3v) is 4.83. The molecule has 1 atom stereocenters. The minimum atomic E-state index is -0.240. The van der Waals surface area contributed by atoms with Crippen molar-refractivity contribution in [1.29, 1.82) is 0 Å². The molecule has 0 bridgehead atoms. The van der Waals surface area contributed by atoms with Crippen molar-refractivity contribution < 1.29 is 9.18 Å². The van der Waals surface area contributed by atoms with Crippen molar-refractivity contribution in [3.05, 3.63) is 51.7 Å². The zero-order valence-corrected chi connectivity index (χ0v) is 13.0. The predicted molar refractivity (Wildman–Crippen MR) is 84.4 cm³/mol. The van der Waals surface area contributed by atoms with E-state index in [1.807, 2.05) is 0 Å². The van der Waals surface area contributed by atoms with Crippen molar-refractivity contribution in [2.75, 3.05) is 19.6 Å². The molecular weight excluding hydrogens is 301 g/mol. The summed E-state index contributed by atoms with van der Waals surface area (Å²) in [6.45, 7) is 2.05. The van der Waals surface area contributed by atoms with Crippen LogP contribution >= 0.6 is 11.3 Å². The number of carbonyl (C=O) groups is 1. The van der Waals surface area contributed by atoms with E-state index in [0.29, 0.717) is 36.7 Å². The molecule has 0 radical (unpaired) electrons. The molecule has 2 N–H and O–H groups in total. The lowest BCUT2D eigenvalue weighted by Gasteiger charge is -2.14. The first-order valence-electron chi connectivity index (χ1n) is 7.34. The topological polar surface area (TPSA) is 59.2 Å².